The molecule has 0 atom stereocenters. The predicted octanol–water partition coefficient (Wildman–Crippen LogP) is 11.2. The molecule has 4 nitrogen and oxygen atoms in total. The van der Waals surface area contributed by atoms with Crippen molar-refractivity contribution >= 4 is 5.65 Å². The van der Waals surface area contributed by atoms with Gasteiger partial charge in [0.1, 0.15) is 11.4 Å². The zero-order chi connectivity index (χ0) is 33.6. The van der Waals surface area contributed by atoms with E-state index in [9.17, 15) is 5.11 Å². The summed E-state index contributed by atoms with van der Waals surface area (Å²) in [6, 6.07) is 44.9. The van der Waals surface area contributed by atoms with Gasteiger partial charge in [0.15, 0.2) is 0 Å². The molecular weight excluding hydrogens is 782 g/mol. The minimum Gasteiger partial charge on any atom is -0.507 e. The Morgan fingerprint density at radius 3 is 1.88 bits per heavy atom. The summed E-state index contributed by atoms with van der Waals surface area (Å²) in [5.41, 5.74) is 12.4. The molecule has 0 unspecified atom stereocenters. The van der Waals surface area contributed by atoms with E-state index in [-0.39, 0.29) is 37.6 Å². The van der Waals surface area contributed by atoms with Gasteiger partial charge in [0.05, 0.1) is 5.69 Å². The second-order valence-corrected chi connectivity index (χ2v) is 14.5. The second kappa shape index (κ2) is 13.3. The number of nitrogens with zero attached hydrogens (tertiary/aromatic N) is 3. The average Bonchev–Trinajstić information content (AvgIpc) is 3.48. The number of aromatic hydroxyl groups is 1. The number of phenols is 1. The Morgan fingerprint density at radius 1 is 0.571 bits per heavy atom. The standard InChI is InChI=1S/C44H40N3O.Pt/c1-43(2,3)34-24-32(25-35(28-34)44(4,5)6)33-26-37(45-38(27-33)36-19-10-11-20-39(36)48)30-17-14-18-31(23-30)41-42(29-15-8-7-9-16-29)47-22-13-12-21-40(47)46-41;/h7-22,24-28,48H,1-6H3;/q-1;. The van der Waals surface area contributed by atoms with Gasteiger partial charge in [0.2, 0.25) is 0 Å². The molecule has 1 N–H and O–H groups in total. The molecule has 0 aliphatic heterocycles. The average molecular weight is 822 g/mol. The number of rotatable bonds is 5. The van der Waals surface area contributed by atoms with Crippen LogP contribution < -0.4 is 0 Å². The molecule has 7 rings (SSSR count). The minimum atomic E-state index is -0.0287. The van der Waals surface area contributed by atoms with E-state index in [4.69, 9.17) is 9.97 Å². The first kappa shape index (κ1) is 34.1. The minimum absolute atomic E-state index is 0. The van der Waals surface area contributed by atoms with Crippen molar-refractivity contribution in [2.75, 3.05) is 0 Å². The Balaban J connectivity index is 0.00000417. The molecule has 0 bridgehead atoms. The summed E-state index contributed by atoms with van der Waals surface area (Å²) < 4.78 is 2.13. The van der Waals surface area contributed by atoms with Crippen molar-refractivity contribution in [2.45, 2.75) is 52.4 Å². The van der Waals surface area contributed by atoms with Crippen molar-refractivity contribution in [3.05, 3.63) is 145 Å². The molecule has 7 aromatic rings. The van der Waals surface area contributed by atoms with Crippen LogP contribution in [0.1, 0.15) is 52.7 Å². The van der Waals surface area contributed by atoms with Crippen molar-refractivity contribution in [2.24, 2.45) is 0 Å². The molecule has 0 radical (unpaired) electrons. The maximum absolute atomic E-state index is 10.9. The molecule has 0 aliphatic rings. The molecule has 3 aromatic heterocycles. The van der Waals surface area contributed by atoms with Crippen molar-refractivity contribution in [3.63, 3.8) is 0 Å². The normalized spacial score (nSPS) is 11.8. The van der Waals surface area contributed by atoms with Gasteiger partial charge >= 0.3 is 0 Å². The third-order valence-electron chi connectivity index (χ3n) is 8.91. The number of benzene rings is 4. The van der Waals surface area contributed by atoms with Crippen LogP contribution in [0.25, 0.3) is 61.8 Å². The monoisotopic (exact) mass is 821 g/mol. The molecule has 0 amide bonds. The van der Waals surface area contributed by atoms with Crippen LogP contribution in [0.4, 0.5) is 0 Å². The Hall–Kier alpha value is -4.79. The molecule has 0 fully saturated rings. The number of fused-ring (bicyclic) bond motifs is 1. The van der Waals surface area contributed by atoms with Crippen molar-refractivity contribution in [3.8, 4) is 61.9 Å². The molecule has 49 heavy (non-hydrogen) atoms. The van der Waals surface area contributed by atoms with E-state index in [1.807, 2.05) is 54.6 Å². The molecule has 0 spiro atoms. The van der Waals surface area contributed by atoms with E-state index in [1.165, 1.54) is 11.1 Å². The van der Waals surface area contributed by atoms with E-state index in [0.717, 1.165) is 50.5 Å². The topological polar surface area (TPSA) is 50.4 Å². The van der Waals surface area contributed by atoms with Crippen LogP contribution >= 0.6 is 0 Å². The summed E-state index contributed by atoms with van der Waals surface area (Å²) in [6.07, 6.45) is 2.05. The fourth-order valence-electron chi connectivity index (χ4n) is 6.14. The Bertz CT molecular complexity index is 2240. The predicted molar refractivity (Wildman–Crippen MR) is 198 cm³/mol. The first-order chi connectivity index (χ1) is 23.0. The van der Waals surface area contributed by atoms with Gasteiger partial charge in [0, 0.05) is 49.9 Å². The van der Waals surface area contributed by atoms with Gasteiger partial charge in [-0.2, -0.15) is 0 Å². The summed E-state index contributed by atoms with van der Waals surface area (Å²) in [6.45, 7) is 13.5. The molecule has 5 heteroatoms. The van der Waals surface area contributed by atoms with Crippen molar-refractivity contribution < 1.29 is 26.2 Å². The van der Waals surface area contributed by atoms with Gasteiger partial charge < -0.3 is 9.51 Å². The van der Waals surface area contributed by atoms with E-state index in [0.29, 0.717) is 11.3 Å². The number of pyridine rings is 2. The summed E-state index contributed by atoms with van der Waals surface area (Å²) in [4.78, 5) is 10.2. The molecular formula is C44H40N3OPt-. The van der Waals surface area contributed by atoms with Gasteiger partial charge in [-0.05, 0) is 69.0 Å². The van der Waals surface area contributed by atoms with Crippen LogP contribution in [-0.4, -0.2) is 19.5 Å². The fourth-order valence-corrected chi connectivity index (χ4v) is 6.14. The zero-order valence-corrected chi connectivity index (χ0v) is 31.0. The Kier molecular flexibility index (Phi) is 9.22. The third kappa shape index (κ3) is 6.89. The largest absolute Gasteiger partial charge is 0.507 e. The van der Waals surface area contributed by atoms with Gasteiger partial charge in [0.25, 0.3) is 0 Å². The smallest absolute Gasteiger partial charge is 0.129 e. The summed E-state index contributed by atoms with van der Waals surface area (Å²) in [5.74, 6) is 0.196. The van der Waals surface area contributed by atoms with Crippen LogP contribution in [0, 0.1) is 6.07 Å². The number of hydrogen-bond donors (Lipinski definition) is 1. The van der Waals surface area contributed by atoms with E-state index >= 15 is 0 Å². The van der Waals surface area contributed by atoms with Gasteiger partial charge in [-0.15, -0.1) is 24.3 Å². The number of hydrogen-bond acceptors (Lipinski definition) is 3. The van der Waals surface area contributed by atoms with E-state index in [1.54, 1.807) is 6.07 Å². The van der Waals surface area contributed by atoms with Crippen LogP contribution in [0.5, 0.6) is 5.75 Å². The maximum atomic E-state index is 10.9. The van der Waals surface area contributed by atoms with Gasteiger partial charge in [-0.25, -0.2) is 0 Å². The first-order valence-electron chi connectivity index (χ1n) is 16.5. The van der Waals surface area contributed by atoms with Gasteiger partial charge in [-0.1, -0.05) is 125 Å². The van der Waals surface area contributed by atoms with Crippen LogP contribution in [0.3, 0.4) is 0 Å². The van der Waals surface area contributed by atoms with Crippen LogP contribution in [-0.2, 0) is 31.9 Å². The SMILES string of the molecule is CC(C)(C)c1cc(-c2cc(-c3[c-]c(-c4nc5ccccn5c4-c4ccccc4)ccc3)nc(-c3ccccc3O)c2)cc(C(C)(C)C)c1.[Pt]. The molecule has 0 saturated heterocycles. The Morgan fingerprint density at radius 2 is 1.18 bits per heavy atom. The van der Waals surface area contributed by atoms with Gasteiger partial charge in [-0.3, -0.25) is 9.97 Å². The fraction of sp³-hybridized carbons (Fsp3) is 0.182. The summed E-state index contributed by atoms with van der Waals surface area (Å²) in [7, 11) is 0. The number of aromatic nitrogens is 3. The third-order valence-corrected chi connectivity index (χ3v) is 8.91. The molecule has 0 aliphatic carbocycles. The number of para-hydroxylation sites is 1. The van der Waals surface area contributed by atoms with Crippen molar-refractivity contribution in [1.29, 1.82) is 0 Å². The van der Waals surface area contributed by atoms with Crippen LogP contribution in [0.15, 0.2) is 128 Å². The number of imidazole rings is 1. The van der Waals surface area contributed by atoms with Crippen molar-refractivity contribution in [1.82, 2.24) is 14.4 Å². The molecule has 3 heterocycles. The molecule has 4 aromatic carbocycles. The Labute approximate surface area is 303 Å². The zero-order valence-electron chi connectivity index (χ0n) is 28.7. The quantitative estimate of drug-likeness (QED) is 0.176. The van der Waals surface area contributed by atoms with E-state index < -0.39 is 0 Å². The summed E-state index contributed by atoms with van der Waals surface area (Å²) in [5, 5.41) is 10.9. The maximum Gasteiger partial charge on any atom is 0.129 e. The first-order valence-corrected chi connectivity index (χ1v) is 16.5. The van der Waals surface area contributed by atoms with Crippen LogP contribution in [0.2, 0.25) is 0 Å². The number of phenolic OH excluding ortho intramolecular Hbond substituents is 1. The van der Waals surface area contributed by atoms with E-state index in [2.05, 4.69) is 119 Å². The molecule has 248 valence electrons. The summed E-state index contributed by atoms with van der Waals surface area (Å²) >= 11 is 0. The molecule has 0 saturated carbocycles. The second-order valence-electron chi connectivity index (χ2n) is 14.5.